The number of hydrogen-bond donors (Lipinski definition) is 2. The lowest BCUT2D eigenvalue weighted by molar-refractivity contribution is 0.0705. The van der Waals surface area contributed by atoms with Crippen LogP contribution in [-0.4, -0.2) is 38.2 Å². The van der Waals surface area contributed by atoms with Crippen molar-refractivity contribution >= 4 is 16.8 Å². The Bertz CT molecular complexity index is 1150. The van der Waals surface area contributed by atoms with E-state index in [2.05, 4.69) is 19.9 Å². The third-order valence-corrected chi connectivity index (χ3v) is 4.33. The molecule has 1 amide bonds. The van der Waals surface area contributed by atoms with Gasteiger partial charge < -0.3 is 4.74 Å². The van der Waals surface area contributed by atoms with Gasteiger partial charge in [-0.15, -0.1) is 0 Å². The van der Waals surface area contributed by atoms with Crippen molar-refractivity contribution in [1.29, 1.82) is 0 Å². The third kappa shape index (κ3) is 3.01. The molecule has 138 valence electrons. The van der Waals surface area contributed by atoms with Crippen molar-refractivity contribution in [2.45, 2.75) is 0 Å². The van der Waals surface area contributed by atoms with Gasteiger partial charge in [-0.05, 0) is 11.6 Å². The van der Waals surface area contributed by atoms with Crippen LogP contribution in [0.2, 0.25) is 0 Å². The van der Waals surface area contributed by atoms with Crippen LogP contribution < -0.4 is 10.2 Å². The highest BCUT2D eigenvalue weighted by molar-refractivity contribution is 6.09. The highest BCUT2D eigenvalue weighted by atomic mass is 16.5. The van der Waals surface area contributed by atoms with Crippen LogP contribution in [0.5, 0.6) is 5.75 Å². The Morgan fingerprint density at radius 2 is 1.68 bits per heavy atom. The minimum absolute atomic E-state index is 0.165. The van der Waals surface area contributed by atoms with Gasteiger partial charge in [-0.2, -0.15) is 0 Å². The van der Waals surface area contributed by atoms with Gasteiger partial charge in [0.25, 0.3) is 5.91 Å². The van der Waals surface area contributed by atoms with Crippen LogP contribution in [0.15, 0.2) is 61.4 Å². The zero-order chi connectivity index (χ0) is 19.5. The van der Waals surface area contributed by atoms with E-state index in [0.717, 1.165) is 16.7 Å². The summed E-state index contributed by atoms with van der Waals surface area (Å²) in [4.78, 5) is 29.1. The minimum Gasteiger partial charge on any atom is -0.494 e. The molecule has 0 aliphatic rings. The SMILES string of the molecule is COc1c(-c2ccc(-c3cncnc3)cc2)nc2ccncc2c1C(=O)NO. The summed E-state index contributed by atoms with van der Waals surface area (Å²) in [7, 11) is 1.45. The Hall–Kier alpha value is -3.91. The first kappa shape index (κ1) is 17.5. The summed E-state index contributed by atoms with van der Waals surface area (Å²) in [6, 6.07) is 9.28. The number of nitrogens with zero attached hydrogens (tertiary/aromatic N) is 4. The van der Waals surface area contributed by atoms with Crippen molar-refractivity contribution in [2.75, 3.05) is 7.11 Å². The van der Waals surface area contributed by atoms with Gasteiger partial charge in [-0.25, -0.2) is 20.4 Å². The minimum atomic E-state index is -0.698. The quantitative estimate of drug-likeness (QED) is 0.418. The molecule has 0 aliphatic heterocycles. The van der Waals surface area contributed by atoms with E-state index < -0.39 is 5.91 Å². The zero-order valence-corrected chi connectivity index (χ0v) is 14.8. The van der Waals surface area contributed by atoms with Gasteiger partial charge in [0.2, 0.25) is 0 Å². The lowest BCUT2D eigenvalue weighted by Crippen LogP contribution is -2.20. The molecular weight excluding hydrogens is 358 g/mol. The molecule has 2 N–H and O–H groups in total. The van der Waals surface area contributed by atoms with E-state index in [1.54, 1.807) is 30.1 Å². The molecular formula is C20H15N5O3. The summed E-state index contributed by atoms with van der Waals surface area (Å²) >= 11 is 0. The van der Waals surface area contributed by atoms with Crippen LogP contribution in [0.3, 0.4) is 0 Å². The molecule has 8 nitrogen and oxygen atoms in total. The van der Waals surface area contributed by atoms with Gasteiger partial charge >= 0.3 is 0 Å². The van der Waals surface area contributed by atoms with Gasteiger partial charge in [0.15, 0.2) is 5.75 Å². The van der Waals surface area contributed by atoms with Crippen LogP contribution in [0.1, 0.15) is 10.4 Å². The second kappa shape index (κ2) is 7.37. The van der Waals surface area contributed by atoms with E-state index >= 15 is 0 Å². The smallest absolute Gasteiger partial charge is 0.279 e. The van der Waals surface area contributed by atoms with Gasteiger partial charge in [0, 0.05) is 41.3 Å². The van der Waals surface area contributed by atoms with E-state index in [1.807, 2.05) is 24.3 Å². The fourth-order valence-electron chi connectivity index (χ4n) is 3.03. The molecule has 0 atom stereocenters. The fraction of sp³-hybridized carbons (Fsp3) is 0.0500. The first-order valence-corrected chi connectivity index (χ1v) is 8.35. The average Bonchev–Trinajstić information content (AvgIpc) is 2.78. The monoisotopic (exact) mass is 373 g/mol. The second-order valence-corrected chi connectivity index (χ2v) is 5.91. The van der Waals surface area contributed by atoms with E-state index in [0.29, 0.717) is 16.6 Å². The Labute approximate surface area is 159 Å². The normalized spacial score (nSPS) is 10.6. The Balaban J connectivity index is 1.90. The van der Waals surface area contributed by atoms with Crippen molar-refractivity contribution in [3.05, 3.63) is 67.0 Å². The number of nitrogens with one attached hydrogen (secondary N) is 1. The van der Waals surface area contributed by atoms with Crippen molar-refractivity contribution in [2.24, 2.45) is 0 Å². The van der Waals surface area contributed by atoms with Crippen molar-refractivity contribution < 1.29 is 14.7 Å². The molecule has 1 aromatic carbocycles. The maximum Gasteiger partial charge on any atom is 0.279 e. The summed E-state index contributed by atoms with van der Waals surface area (Å²) in [5.74, 6) is -0.445. The van der Waals surface area contributed by atoms with Crippen LogP contribution in [0.4, 0.5) is 0 Å². The first-order chi connectivity index (χ1) is 13.7. The summed E-state index contributed by atoms with van der Waals surface area (Å²) in [6.45, 7) is 0. The Morgan fingerprint density at radius 3 is 2.36 bits per heavy atom. The van der Waals surface area contributed by atoms with Crippen molar-refractivity contribution in [3.63, 3.8) is 0 Å². The lowest BCUT2D eigenvalue weighted by Gasteiger charge is -2.15. The van der Waals surface area contributed by atoms with Crippen LogP contribution in [-0.2, 0) is 0 Å². The lowest BCUT2D eigenvalue weighted by atomic mass is 10.0. The summed E-state index contributed by atoms with van der Waals surface area (Å²) < 4.78 is 5.49. The maximum absolute atomic E-state index is 12.3. The predicted molar refractivity (Wildman–Crippen MR) is 102 cm³/mol. The van der Waals surface area contributed by atoms with Crippen LogP contribution in [0, 0.1) is 0 Å². The average molecular weight is 373 g/mol. The highest BCUT2D eigenvalue weighted by Crippen LogP contribution is 2.36. The summed E-state index contributed by atoms with van der Waals surface area (Å²) in [5, 5.41) is 9.66. The molecule has 0 fully saturated rings. The molecule has 28 heavy (non-hydrogen) atoms. The van der Waals surface area contributed by atoms with Gasteiger partial charge in [-0.1, -0.05) is 24.3 Å². The zero-order valence-electron chi connectivity index (χ0n) is 14.8. The third-order valence-electron chi connectivity index (χ3n) is 4.33. The number of hydroxylamine groups is 1. The largest absolute Gasteiger partial charge is 0.494 e. The molecule has 3 aromatic heterocycles. The molecule has 0 aliphatic carbocycles. The molecule has 0 unspecified atom stereocenters. The summed E-state index contributed by atoms with van der Waals surface area (Å²) in [6.07, 6.45) is 8.04. The van der Waals surface area contributed by atoms with Gasteiger partial charge in [0.05, 0.1) is 18.2 Å². The van der Waals surface area contributed by atoms with Crippen LogP contribution in [0.25, 0.3) is 33.3 Å². The molecule has 8 heteroatoms. The number of carbonyl (C=O) groups excluding carboxylic acids is 1. The predicted octanol–water partition coefficient (Wildman–Crippen LogP) is 2.88. The Kier molecular flexibility index (Phi) is 4.61. The number of carbonyl (C=O) groups is 1. The number of fused-ring (bicyclic) bond motifs is 1. The molecule has 0 spiro atoms. The maximum atomic E-state index is 12.3. The Morgan fingerprint density at radius 1 is 0.964 bits per heavy atom. The molecule has 4 rings (SSSR count). The summed E-state index contributed by atoms with van der Waals surface area (Å²) in [5.41, 5.74) is 5.46. The first-order valence-electron chi connectivity index (χ1n) is 8.35. The number of ether oxygens (including phenoxy) is 1. The van der Waals surface area contributed by atoms with Crippen molar-refractivity contribution in [3.8, 4) is 28.1 Å². The number of aromatic nitrogens is 4. The fourth-order valence-corrected chi connectivity index (χ4v) is 3.03. The van der Waals surface area contributed by atoms with Crippen molar-refractivity contribution in [1.82, 2.24) is 25.4 Å². The molecule has 0 saturated heterocycles. The molecule has 0 bridgehead atoms. The second-order valence-electron chi connectivity index (χ2n) is 5.91. The number of amides is 1. The van der Waals surface area contributed by atoms with Gasteiger partial charge in [0.1, 0.15) is 12.0 Å². The standard InChI is InChI=1S/C20H15N5O3/c1-28-19-17(20(26)25-27)15-10-21-7-6-16(15)24-18(19)13-4-2-12(3-5-13)14-8-22-11-23-9-14/h2-11,27H,1H3,(H,25,26). The highest BCUT2D eigenvalue weighted by Gasteiger charge is 2.22. The van der Waals surface area contributed by atoms with E-state index in [4.69, 9.17) is 4.74 Å². The van der Waals surface area contributed by atoms with Gasteiger partial charge in [-0.3, -0.25) is 15.0 Å². The van der Waals surface area contributed by atoms with Crippen LogP contribution >= 0.6 is 0 Å². The van der Waals surface area contributed by atoms with E-state index in [1.165, 1.54) is 19.6 Å². The molecule has 4 aromatic rings. The number of methoxy groups -OCH3 is 1. The number of hydrogen-bond acceptors (Lipinski definition) is 7. The molecule has 0 saturated carbocycles. The number of pyridine rings is 2. The molecule has 0 radical (unpaired) electrons. The van der Waals surface area contributed by atoms with E-state index in [-0.39, 0.29) is 11.3 Å². The topological polar surface area (TPSA) is 110 Å². The number of rotatable bonds is 4. The molecule has 3 heterocycles. The number of benzene rings is 1. The van der Waals surface area contributed by atoms with E-state index in [9.17, 15) is 10.0 Å².